The molecule has 0 atom stereocenters. The molecule has 116 valence electrons. The Balaban J connectivity index is 1.93. The summed E-state index contributed by atoms with van der Waals surface area (Å²) in [6.45, 7) is 3.83. The van der Waals surface area contributed by atoms with E-state index in [4.69, 9.17) is 11.6 Å². The van der Waals surface area contributed by atoms with Gasteiger partial charge in [0.15, 0.2) is 0 Å². The summed E-state index contributed by atoms with van der Waals surface area (Å²) in [5.41, 5.74) is 3.26. The lowest BCUT2D eigenvalue weighted by Crippen LogP contribution is -2.15. The zero-order chi connectivity index (χ0) is 16.4. The minimum atomic E-state index is -0.170. The van der Waals surface area contributed by atoms with Gasteiger partial charge in [0.2, 0.25) is 0 Å². The molecule has 0 saturated carbocycles. The highest BCUT2D eigenvalue weighted by Crippen LogP contribution is 2.20. The van der Waals surface area contributed by atoms with E-state index in [1.807, 2.05) is 50.2 Å². The second-order valence-electron chi connectivity index (χ2n) is 5.39. The summed E-state index contributed by atoms with van der Waals surface area (Å²) >= 11 is 6.04. The van der Waals surface area contributed by atoms with Crippen LogP contribution in [0.4, 0.5) is 5.82 Å². The Morgan fingerprint density at radius 2 is 1.87 bits per heavy atom. The van der Waals surface area contributed by atoms with Crippen LogP contribution < -0.4 is 5.32 Å². The number of aryl methyl sites for hydroxylation is 2. The molecule has 0 fully saturated rings. The fraction of sp³-hybridized carbons (Fsp3) is 0.111. The number of rotatable bonds is 3. The molecule has 3 aromatic rings. The maximum Gasteiger partial charge on any atom is 0.256 e. The molecular weight excluding hydrogens is 310 g/mol. The number of benzene rings is 2. The molecule has 4 nitrogen and oxygen atoms in total. The van der Waals surface area contributed by atoms with E-state index in [0.717, 1.165) is 16.9 Å². The summed E-state index contributed by atoms with van der Waals surface area (Å²) in [5, 5.41) is 7.96. The average molecular weight is 326 g/mol. The third-order valence-corrected chi connectivity index (χ3v) is 3.64. The second-order valence-corrected chi connectivity index (χ2v) is 5.82. The highest BCUT2D eigenvalue weighted by atomic mass is 35.5. The summed E-state index contributed by atoms with van der Waals surface area (Å²) in [6, 6.07) is 16.6. The van der Waals surface area contributed by atoms with E-state index >= 15 is 0 Å². The van der Waals surface area contributed by atoms with Crippen LogP contribution in [0.5, 0.6) is 0 Å². The number of hydrogen-bond acceptors (Lipinski definition) is 2. The Morgan fingerprint density at radius 3 is 2.61 bits per heavy atom. The molecular formula is C18H16ClN3O. The van der Waals surface area contributed by atoms with Crippen molar-refractivity contribution in [3.8, 4) is 5.69 Å². The van der Waals surface area contributed by atoms with Gasteiger partial charge in [-0.25, -0.2) is 4.68 Å². The molecule has 0 unspecified atom stereocenters. The molecule has 0 bridgehead atoms. The number of anilines is 1. The van der Waals surface area contributed by atoms with E-state index in [9.17, 15) is 4.79 Å². The van der Waals surface area contributed by atoms with Gasteiger partial charge < -0.3 is 5.32 Å². The van der Waals surface area contributed by atoms with Crippen LogP contribution in [0.15, 0.2) is 54.6 Å². The number of nitrogens with one attached hydrogen (secondary N) is 1. The van der Waals surface area contributed by atoms with Crippen molar-refractivity contribution < 1.29 is 4.79 Å². The SMILES string of the molecule is Cc1cccc(C(=O)Nc2cc(C)nn2-c2cccc(Cl)c2)c1. The van der Waals surface area contributed by atoms with Crippen LogP contribution in [0.25, 0.3) is 5.69 Å². The van der Waals surface area contributed by atoms with Crippen molar-refractivity contribution in [2.45, 2.75) is 13.8 Å². The maximum atomic E-state index is 12.4. The summed E-state index contributed by atoms with van der Waals surface area (Å²) in [5.74, 6) is 0.438. The molecule has 0 spiro atoms. The van der Waals surface area contributed by atoms with Crippen molar-refractivity contribution in [2.75, 3.05) is 5.32 Å². The smallest absolute Gasteiger partial charge is 0.256 e. The van der Waals surface area contributed by atoms with Gasteiger partial charge in [-0.05, 0) is 44.2 Å². The normalized spacial score (nSPS) is 10.6. The van der Waals surface area contributed by atoms with Gasteiger partial charge in [0.1, 0.15) is 5.82 Å². The Morgan fingerprint density at radius 1 is 1.09 bits per heavy atom. The summed E-state index contributed by atoms with van der Waals surface area (Å²) in [6.07, 6.45) is 0. The van der Waals surface area contributed by atoms with Crippen LogP contribution in [0.1, 0.15) is 21.6 Å². The fourth-order valence-corrected chi connectivity index (χ4v) is 2.55. The third-order valence-electron chi connectivity index (χ3n) is 3.41. The van der Waals surface area contributed by atoms with E-state index in [1.54, 1.807) is 22.9 Å². The number of hydrogen-bond donors (Lipinski definition) is 1. The van der Waals surface area contributed by atoms with Crippen molar-refractivity contribution in [1.29, 1.82) is 0 Å². The Labute approximate surface area is 139 Å². The standard InChI is InChI=1S/C18H16ClN3O/c1-12-5-3-6-14(9-12)18(23)20-17-10-13(2)21-22(17)16-8-4-7-15(19)11-16/h3-11H,1-2H3,(H,20,23). The van der Waals surface area contributed by atoms with Crippen LogP contribution in [0.3, 0.4) is 0 Å². The minimum Gasteiger partial charge on any atom is -0.306 e. The molecule has 1 aromatic heterocycles. The van der Waals surface area contributed by atoms with Crippen LogP contribution >= 0.6 is 11.6 Å². The van der Waals surface area contributed by atoms with Gasteiger partial charge in [-0.2, -0.15) is 5.10 Å². The maximum absolute atomic E-state index is 12.4. The van der Waals surface area contributed by atoms with Gasteiger partial charge in [-0.1, -0.05) is 35.4 Å². The number of carbonyl (C=O) groups is 1. The first-order valence-electron chi connectivity index (χ1n) is 7.23. The molecule has 0 aliphatic rings. The van der Waals surface area contributed by atoms with E-state index in [-0.39, 0.29) is 5.91 Å². The molecule has 0 radical (unpaired) electrons. The van der Waals surface area contributed by atoms with Crippen molar-refractivity contribution in [2.24, 2.45) is 0 Å². The number of halogens is 1. The van der Waals surface area contributed by atoms with Gasteiger partial charge in [-0.3, -0.25) is 4.79 Å². The van der Waals surface area contributed by atoms with E-state index in [2.05, 4.69) is 10.4 Å². The Bertz CT molecular complexity index is 870. The van der Waals surface area contributed by atoms with Crippen molar-refractivity contribution in [3.05, 3.63) is 76.4 Å². The van der Waals surface area contributed by atoms with Crippen molar-refractivity contribution in [3.63, 3.8) is 0 Å². The quantitative estimate of drug-likeness (QED) is 0.776. The lowest BCUT2D eigenvalue weighted by Gasteiger charge is -2.09. The molecule has 2 aromatic carbocycles. The number of aromatic nitrogens is 2. The van der Waals surface area contributed by atoms with Crippen LogP contribution in [0, 0.1) is 13.8 Å². The molecule has 1 heterocycles. The fourth-order valence-electron chi connectivity index (χ4n) is 2.37. The molecule has 5 heteroatoms. The predicted octanol–water partition coefficient (Wildman–Crippen LogP) is 4.39. The van der Waals surface area contributed by atoms with Crippen molar-refractivity contribution in [1.82, 2.24) is 9.78 Å². The van der Waals surface area contributed by atoms with E-state index < -0.39 is 0 Å². The Kier molecular flexibility index (Phi) is 4.17. The zero-order valence-electron chi connectivity index (χ0n) is 12.9. The predicted molar refractivity (Wildman–Crippen MR) is 92.4 cm³/mol. The highest BCUT2D eigenvalue weighted by molar-refractivity contribution is 6.30. The summed E-state index contributed by atoms with van der Waals surface area (Å²) < 4.78 is 1.68. The lowest BCUT2D eigenvalue weighted by molar-refractivity contribution is 0.102. The highest BCUT2D eigenvalue weighted by Gasteiger charge is 2.12. The molecule has 0 saturated heterocycles. The number of nitrogens with zero attached hydrogens (tertiary/aromatic N) is 2. The van der Waals surface area contributed by atoms with Crippen molar-refractivity contribution >= 4 is 23.3 Å². The van der Waals surface area contributed by atoms with Crippen LogP contribution in [-0.4, -0.2) is 15.7 Å². The summed E-state index contributed by atoms with van der Waals surface area (Å²) in [7, 11) is 0. The second kappa shape index (κ2) is 6.26. The van der Waals surface area contributed by atoms with Gasteiger partial charge >= 0.3 is 0 Å². The van der Waals surface area contributed by atoms with E-state index in [0.29, 0.717) is 16.4 Å². The summed E-state index contributed by atoms with van der Waals surface area (Å²) in [4.78, 5) is 12.4. The first kappa shape index (κ1) is 15.3. The van der Waals surface area contributed by atoms with Crippen LogP contribution in [-0.2, 0) is 0 Å². The van der Waals surface area contributed by atoms with Crippen LogP contribution in [0.2, 0.25) is 5.02 Å². The number of amides is 1. The lowest BCUT2D eigenvalue weighted by atomic mass is 10.1. The molecule has 23 heavy (non-hydrogen) atoms. The van der Waals surface area contributed by atoms with Gasteiger partial charge in [0.05, 0.1) is 11.4 Å². The monoisotopic (exact) mass is 325 g/mol. The van der Waals surface area contributed by atoms with Gasteiger partial charge in [0, 0.05) is 16.7 Å². The molecule has 1 amide bonds. The van der Waals surface area contributed by atoms with E-state index in [1.165, 1.54) is 0 Å². The molecule has 1 N–H and O–H groups in total. The Hall–Kier alpha value is -2.59. The minimum absolute atomic E-state index is 0.170. The first-order valence-corrected chi connectivity index (χ1v) is 7.61. The largest absolute Gasteiger partial charge is 0.306 e. The number of carbonyl (C=O) groups excluding carboxylic acids is 1. The topological polar surface area (TPSA) is 46.9 Å². The average Bonchev–Trinajstić information content (AvgIpc) is 2.88. The third kappa shape index (κ3) is 3.43. The molecule has 3 rings (SSSR count). The molecule has 0 aliphatic heterocycles. The zero-order valence-corrected chi connectivity index (χ0v) is 13.6. The van der Waals surface area contributed by atoms with Gasteiger partial charge in [-0.15, -0.1) is 0 Å². The molecule has 0 aliphatic carbocycles. The van der Waals surface area contributed by atoms with Gasteiger partial charge in [0.25, 0.3) is 5.91 Å². The first-order chi connectivity index (χ1) is 11.0.